The molecule has 1 heterocycles. The maximum atomic E-state index is 9.10. The van der Waals surface area contributed by atoms with Gasteiger partial charge in [-0.1, -0.05) is 6.42 Å². The average Bonchev–Trinajstić information content (AvgIpc) is 2.63. The first-order valence-corrected chi connectivity index (χ1v) is 5.01. The van der Waals surface area contributed by atoms with E-state index >= 15 is 0 Å². The number of H-pyrrole nitrogens is 1. The van der Waals surface area contributed by atoms with E-state index in [-0.39, 0.29) is 5.41 Å². The van der Waals surface area contributed by atoms with Crippen LogP contribution in [0.3, 0.4) is 0 Å². The van der Waals surface area contributed by atoms with Crippen LogP contribution in [0.2, 0.25) is 0 Å². The van der Waals surface area contributed by atoms with Crippen molar-refractivity contribution in [2.24, 2.45) is 5.41 Å². The van der Waals surface area contributed by atoms with Crippen LogP contribution in [0, 0.1) is 16.7 Å². The summed E-state index contributed by atoms with van der Waals surface area (Å²) in [4.78, 5) is 5.18. The Morgan fingerprint density at radius 2 is 2.43 bits per heavy atom. The number of anilines is 1. The highest BCUT2D eigenvalue weighted by molar-refractivity contribution is 5.44. The van der Waals surface area contributed by atoms with E-state index in [2.05, 4.69) is 16.0 Å². The Labute approximate surface area is 84.3 Å². The van der Waals surface area contributed by atoms with Crippen LogP contribution < -0.4 is 4.90 Å². The van der Waals surface area contributed by atoms with Crippen molar-refractivity contribution in [2.75, 3.05) is 18.5 Å². The highest BCUT2D eigenvalue weighted by atomic mass is 15.1. The number of nitrogens with zero attached hydrogens (tertiary/aromatic N) is 2. The highest BCUT2D eigenvalue weighted by Gasteiger charge is 2.38. The zero-order chi connectivity index (χ0) is 10.0. The zero-order valence-corrected chi connectivity index (χ0v) is 8.45. The van der Waals surface area contributed by atoms with Gasteiger partial charge in [-0.25, -0.2) is 0 Å². The number of aromatic amines is 1. The Bertz CT molecular complexity index is 330. The van der Waals surface area contributed by atoms with Gasteiger partial charge in [0, 0.05) is 26.0 Å². The number of nitriles is 1. The van der Waals surface area contributed by atoms with Crippen LogP contribution in [0.5, 0.6) is 0 Å². The van der Waals surface area contributed by atoms with Crippen molar-refractivity contribution >= 4 is 5.69 Å². The first-order chi connectivity index (χ1) is 6.76. The molecule has 2 rings (SSSR count). The molecule has 74 valence electrons. The van der Waals surface area contributed by atoms with Crippen LogP contribution in [0.15, 0.2) is 18.5 Å². The molecule has 1 aliphatic rings. The van der Waals surface area contributed by atoms with Crippen molar-refractivity contribution in [3.05, 3.63) is 18.5 Å². The lowest BCUT2D eigenvalue weighted by atomic mass is 9.69. The van der Waals surface area contributed by atoms with Gasteiger partial charge in [-0.05, 0) is 18.9 Å². The fourth-order valence-electron chi connectivity index (χ4n) is 2.01. The summed E-state index contributed by atoms with van der Waals surface area (Å²) in [5.41, 5.74) is 1.08. The summed E-state index contributed by atoms with van der Waals surface area (Å²) in [5, 5.41) is 9.10. The second-order valence-electron chi connectivity index (χ2n) is 4.17. The Morgan fingerprint density at radius 3 is 2.86 bits per heavy atom. The molecule has 0 aliphatic heterocycles. The number of nitrogens with one attached hydrogen (secondary N) is 1. The fraction of sp³-hybridized carbons (Fsp3) is 0.545. The van der Waals surface area contributed by atoms with Crippen LogP contribution >= 0.6 is 0 Å². The van der Waals surface area contributed by atoms with E-state index < -0.39 is 0 Å². The van der Waals surface area contributed by atoms with Gasteiger partial charge in [0.25, 0.3) is 0 Å². The molecule has 1 N–H and O–H groups in total. The van der Waals surface area contributed by atoms with E-state index in [1.807, 2.05) is 25.5 Å². The van der Waals surface area contributed by atoms with Crippen LogP contribution in [0.25, 0.3) is 0 Å². The molecule has 0 atom stereocenters. The van der Waals surface area contributed by atoms with Gasteiger partial charge >= 0.3 is 0 Å². The monoisotopic (exact) mass is 189 g/mol. The molecular weight excluding hydrogens is 174 g/mol. The number of rotatable bonds is 3. The smallest absolute Gasteiger partial charge is 0.0748 e. The molecular formula is C11H15N3. The number of hydrogen-bond donors (Lipinski definition) is 1. The molecule has 1 aliphatic carbocycles. The van der Waals surface area contributed by atoms with E-state index in [0.29, 0.717) is 0 Å². The summed E-state index contributed by atoms with van der Waals surface area (Å²) in [5.74, 6) is 0. The molecule has 3 nitrogen and oxygen atoms in total. The molecule has 0 spiro atoms. The second-order valence-corrected chi connectivity index (χ2v) is 4.17. The Morgan fingerprint density at radius 1 is 1.64 bits per heavy atom. The van der Waals surface area contributed by atoms with Crippen molar-refractivity contribution < 1.29 is 0 Å². The molecule has 1 aromatic heterocycles. The predicted molar refractivity (Wildman–Crippen MR) is 56.0 cm³/mol. The van der Waals surface area contributed by atoms with E-state index in [1.165, 1.54) is 6.42 Å². The standard InChI is InChI=1S/C11H15N3/c1-14(10-3-6-13-7-10)9-11(8-12)4-2-5-11/h3,6-7,13H,2,4-5,9H2,1H3. The van der Waals surface area contributed by atoms with Gasteiger partial charge in [0.15, 0.2) is 0 Å². The molecule has 1 aromatic rings. The second kappa shape index (κ2) is 3.38. The van der Waals surface area contributed by atoms with Gasteiger partial charge in [0.05, 0.1) is 17.2 Å². The minimum Gasteiger partial charge on any atom is -0.372 e. The van der Waals surface area contributed by atoms with Gasteiger partial charge in [0.2, 0.25) is 0 Å². The van der Waals surface area contributed by atoms with E-state index in [4.69, 9.17) is 5.26 Å². The van der Waals surface area contributed by atoms with Gasteiger partial charge in [-0.2, -0.15) is 5.26 Å². The minimum absolute atomic E-state index is 0.0774. The third-order valence-electron chi connectivity index (χ3n) is 3.11. The molecule has 0 bridgehead atoms. The van der Waals surface area contributed by atoms with E-state index in [0.717, 1.165) is 25.1 Å². The van der Waals surface area contributed by atoms with Crippen LogP contribution in [0.4, 0.5) is 5.69 Å². The molecule has 1 saturated carbocycles. The summed E-state index contributed by atoms with van der Waals surface area (Å²) < 4.78 is 0. The topological polar surface area (TPSA) is 42.8 Å². The normalized spacial score (nSPS) is 18.3. The van der Waals surface area contributed by atoms with Gasteiger partial charge in [-0.3, -0.25) is 0 Å². The lowest BCUT2D eigenvalue weighted by molar-refractivity contribution is 0.223. The molecule has 3 heteroatoms. The number of aromatic nitrogens is 1. The first-order valence-electron chi connectivity index (χ1n) is 5.01. The van der Waals surface area contributed by atoms with Crippen molar-refractivity contribution in [2.45, 2.75) is 19.3 Å². The quantitative estimate of drug-likeness (QED) is 0.791. The first kappa shape index (κ1) is 9.14. The van der Waals surface area contributed by atoms with Crippen molar-refractivity contribution in [3.63, 3.8) is 0 Å². The van der Waals surface area contributed by atoms with E-state index in [9.17, 15) is 0 Å². The summed E-state index contributed by atoms with van der Waals surface area (Å²) in [6, 6.07) is 4.49. The third-order valence-corrected chi connectivity index (χ3v) is 3.11. The molecule has 0 aromatic carbocycles. The lowest BCUT2D eigenvalue weighted by Gasteiger charge is -2.38. The highest BCUT2D eigenvalue weighted by Crippen LogP contribution is 2.41. The Hall–Kier alpha value is -1.43. The molecule has 1 fully saturated rings. The summed E-state index contributed by atoms with van der Waals surface area (Å²) in [6.07, 6.45) is 7.18. The van der Waals surface area contributed by atoms with Gasteiger partial charge < -0.3 is 9.88 Å². The zero-order valence-electron chi connectivity index (χ0n) is 8.45. The van der Waals surface area contributed by atoms with Crippen LogP contribution in [-0.4, -0.2) is 18.6 Å². The molecule has 0 unspecified atom stereocenters. The summed E-state index contributed by atoms with van der Waals surface area (Å²) in [7, 11) is 2.04. The third kappa shape index (κ3) is 1.48. The van der Waals surface area contributed by atoms with Crippen molar-refractivity contribution in [1.29, 1.82) is 5.26 Å². The van der Waals surface area contributed by atoms with Crippen molar-refractivity contribution in [3.8, 4) is 6.07 Å². The van der Waals surface area contributed by atoms with Crippen LogP contribution in [-0.2, 0) is 0 Å². The van der Waals surface area contributed by atoms with Crippen molar-refractivity contribution in [1.82, 2.24) is 4.98 Å². The largest absolute Gasteiger partial charge is 0.372 e. The van der Waals surface area contributed by atoms with Crippen LogP contribution in [0.1, 0.15) is 19.3 Å². The number of hydrogen-bond acceptors (Lipinski definition) is 2. The molecule has 0 saturated heterocycles. The molecule has 14 heavy (non-hydrogen) atoms. The Kier molecular flexibility index (Phi) is 2.20. The van der Waals surface area contributed by atoms with Gasteiger partial charge in [-0.15, -0.1) is 0 Å². The summed E-state index contributed by atoms with van der Waals surface area (Å²) in [6.45, 7) is 0.849. The summed E-state index contributed by atoms with van der Waals surface area (Å²) >= 11 is 0. The SMILES string of the molecule is CN(CC1(C#N)CCC1)c1cc[nH]c1. The van der Waals surface area contributed by atoms with E-state index in [1.54, 1.807) is 0 Å². The molecule has 0 amide bonds. The maximum absolute atomic E-state index is 9.10. The fourth-order valence-corrected chi connectivity index (χ4v) is 2.01. The molecule has 0 radical (unpaired) electrons. The Balaban J connectivity index is 2.01. The average molecular weight is 189 g/mol. The van der Waals surface area contributed by atoms with Gasteiger partial charge in [0.1, 0.15) is 0 Å². The maximum Gasteiger partial charge on any atom is 0.0748 e. The predicted octanol–water partition coefficient (Wildman–Crippen LogP) is 2.14. The minimum atomic E-state index is -0.0774. The lowest BCUT2D eigenvalue weighted by Crippen LogP contribution is -2.39.